The highest BCUT2D eigenvalue weighted by Gasteiger charge is 2.19. The Morgan fingerprint density at radius 1 is 1.40 bits per heavy atom. The van der Waals surface area contributed by atoms with Gasteiger partial charge in [-0.15, -0.1) is 0 Å². The molecule has 7 heteroatoms. The van der Waals surface area contributed by atoms with Gasteiger partial charge in [0.15, 0.2) is 3.79 Å². The summed E-state index contributed by atoms with van der Waals surface area (Å²) in [5, 5.41) is 0. The molecule has 0 aliphatic heterocycles. The van der Waals surface area contributed by atoms with E-state index in [0.717, 1.165) is 6.61 Å². The molecule has 0 aromatic carbocycles. The van der Waals surface area contributed by atoms with Gasteiger partial charge in [-0.2, -0.15) is 0 Å². The molecule has 0 spiro atoms. The monoisotopic (exact) mass is 225 g/mol. The third-order valence-corrected chi connectivity index (χ3v) is 1.26. The van der Waals surface area contributed by atoms with Crippen LogP contribution in [0.2, 0.25) is 0 Å². The van der Waals surface area contributed by atoms with Gasteiger partial charge in [0.05, 0.1) is 0 Å². The summed E-state index contributed by atoms with van der Waals surface area (Å²) >= 11 is 15.7. The maximum Gasteiger partial charge on any atom is 0.257 e. The van der Waals surface area contributed by atoms with E-state index in [-0.39, 0.29) is 6.42 Å². The fourth-order valence-electron chi connectivity index (χ4n) is 0.193. The number of hydrogen-bond donors (Lipinski definition) is 1. The van der Waals surface area contributed by atoms with Crippen molar-refractivity contribution in [3.63, 3.8) is 0 Å². The maximum atomic E-state index is 9.74. The van der Waals surface area contributed by atoms with Crippen LogP contribution in [0.15, 0.2) is 0 Å². The van der Waals surface area contributed by atoms with Crippen LogP contribution < -0.4 is 0 Å². The van der Waals surface area contributed by atoms with Crippen molar-refractivity contribution in [2.45, 2.75) is 10.2 Å². The van der Waals surface area contributed by atoms with E-state index in [1.807, 2.05) is 0 Å². The Labute approximate surface area is 75.4 Å². The standard InChI is InChI=1S/C3H4Cl3O3S/c4-3(5,6)1-2-9-10(7)8/h2,10H,1H2. The van der Waals surface area contributed by atoms with Gasteiger partial charge in [0, 0.05) is 6.42 Å². The number of alkyl halides is 3. The van der Waals surface area contributed by atoms with E-state index >= 15 is 0 Å². The molecule has 0 aliphatic rings. The molecule has 0 saturated carbocycles. The first-order valence-electron chi connectivity index (χ1n) is 2.11. The topological polar surface area (TPSA) is 43.4 Å². The Bertz CT molecular complexity index is 153. The van der Waals surface area contributed by atoms with E-state index < -0.39 is 14.8 Å². The third kappa shape index (κ3) is 8.78. The predicted octanol–water partition coefficient (Wildman–Crippen LogP) is 1.45. The van der Waals surface area contributed by atoms with E-state index in [2.05, 4.69) is 4.18 Å². The first-order chi connectivity index (χ1) is 4.42. The molecule has 0 unspecified atom stereocenters. The highest BCUT2D eigenvalue weighted by Crippen LogP contribution is 2.30. The lowest BCUT2D eigenvalue weighted by atomic mass is 10.5. The molecule has 0 heterocycles. The van der Waals surface area contributed by atoms with E-state index in [4.69, 9.17) is 34.8 Å². The smallest absolute Gasteiger partial charge is 0.257 e. The van der Waals surface area contributed by atoms with Gasteiger partial charge in [-0.05, 0) is 0 Å². The second-order valence-corrected chi connectivity index (χ2v) is 4.49. The average Bonchev–Trinajstić information content (AvgIpc) is 1.59. The van der Waals surface area contributed by atoms with Crippen molar-refractivity contribution >= 4 is 45.8 Å². The van der Waals surface area contributed by atoms with Crippen LogP contribution >= 0.6 is 34.8 Å². The Kier molecular flexibility index (Phi) is 4.98. The first kappa shape index (κ1) is 10.8. The van der Waals surface area contributed by atoms with Crippen molar-refractivity contribution in [2.24, 2.45) is 0 Å². The number of hydrogen-bond acceptors (Lipinski definition) is 3. The van der Waals surface area contributed by atoms with Gasteiger partial charge >= 0.3 is 0 Å². The van der Waals surface area contributed by atoms with Crippen LogP contribution in [0.1, 0.15) is 6.42 Å². The Hall–Kier alpha value is 0.780. The lowest BCUT2D eigenvalue weighted by Crippen LogP contribution is -2.02. The molecule has 0 aliphatic carbocycles. The van der Waals surface area contributed by atoms with Gasteiger partial charge in [0.25, 0.3) is 11.0 Å². The van der Waals surface area contributed by atoms with Crippen LogP contribution in [0.4, 0.5) is 0 Å². The van der Waals surface area contributed by atoms with Crippen molar-refractivity contribution in [3.05, 3.63) is 6.61 Å². The van der Waals surface area contributed by atoms with Crippen LogP contribution in [-0.4, -0.2) is 12.2 Å². The zero-order chi connectivity index (χ0) is 8.20. The molecular formula is C3H4Cl3O3S. The Morgan fingerprint density at radius 3 is 2.20 bits per heavy atom. The lowest BCUT2D eigenvalue weighted by molar-refractivity contribution is 0.400. The van der Waals surface area contributed by atoms with Crippen molar-refractivity contribution < 1.29 is 12.6 Å². The van der Waals surface area contributed by atoms with E-state index in [1.165, 1.54) is 0 Å². The summed E-state index contributed by atoms with van der Waals surface area (Å²) in [6, 6.07) is 0. The minimum Gasteiger partial charge on any atom is -0.266 e. The van der Waals surface area contributed by atoms with Gasteiger partial charge in [-0.1, -0.05) is 34.8 Å². The fourth-order valence-corrected chi connectivity index (χ4v) is 0.578. The van der Waals surface area contributed by atoms with Crippen molar-refractivity contribution in [3.8, 4) is 0 Å². The first-order valence-corrected chi connectivity index (χ1v) is 4.34. The molecule has 0 amide bonds. The summed E-state index contributed by atoms with van der Waals surface area (Å²) < 4.78 is 22.0. The van der Waals surface area contributed by atoms with Gasteiger partial charge in [0.1, 0.15) is 6.61 Å². The number of rotatable bonds is 3. The third-order valence-electron chi connectivity index (χ3n) is 0.475. The molecule has 0 rings (SSSR count). The second-order valence-electron chi connectivity index (χ2n) is 1.31. The molecule has 0 N–H and O–H groups in total. The summed E-state index contributed by atoms with van der Waals surface area (Å²) in [4.78, 5) is 0. The Balaban J connectivity index is 3.38. The summed E-state index contributed by atoms with van der Waals surface area (Å²) in [6.07, 6.45) is -0.0685. The average molecular weight is 226 g/mol. The highest BCUT2D eigenvalue weighted by molar-refractivity contribution is 7.67. The van der Waals surface area contributed by atoms with Crippen molar-refractivity contribution in [1.82, 2.24) is 0 Å². The predicted molar refractivity (Wildman–Crippen MR) is 40.6 cm³/mol. The van der Waals surface area contributed by atoms with Gasteiger partial charge in [-0.25, -0.2) is 8.42 Å². The lowest BCUT2D eigenvalue weighted by Gasteiger charge is -2.06. The number of thiol groups is 1. The summed E-state index contributed by atoms with van der Waals surface area (Å²) in [5.74, 6) is 0. The fraction of sp³-hybridized carbons (Fsp3) is 0.667. The van der Waals surface area contributed by atoms with Crippen LogP contribution in [0, 0.1) is 6.61 Å². The van der Waals surface area contributed by atoms with Crippen LogP contribution in [0.5, 0.6) is 0 Å². The molecular weight excluding hydrogens is 222 g/mol. The molecule has 10 heavy (non-hydrogen) atoms. The molecule has 61 valence electrons. The summed E-state index contributed by atoms with van der Waals surface area (Å²) in [7, 11) is -2.88. The zero-order valence-corrected chi connectivity index (χ0v) is 7.75. The van der Waals surface area contributed by atoms with Crippen molar-refractivity contribution in [1.29, 1.82) is 0 Å². The van der Waals surface area contributed by atoms with Crippen LogP contribution in [0.25, 0.3) is 0 Å². The molecule has 0 saturated heterocycles. The quantitative estimate of drug-likeness (QED) is 0.585. The van der Waals surface area contributed by atoms with Gasteiger partial charge < -0.3 is 0 Å². The molecule has 0 atom stereocenters. The molecule has 3 nitrogen and oxygen atoms in total. The minimum atomic E-state index is -2.88. The largest absolute Gasteiger partial charge is 0.266 e. The SMILES string of the molecule is O=[SH](=O)O[CH]CC(Cl)(Cl)Cl. The minimum absolute atomic E-state index is 0.0685. The van der Waals surface area contributed by atoms with Gasteiger partial charge in [-0.3, -0.25) is 4.18 Å². The van der Waals surface area contributed by atoms with Crippen molar-refractivity contribution in [2.75, 3.05) is 0 Å². The van der Waals surface area contributed by atoms with Crippen LogP contribution in [-0.2, 0) is 15.2 Å². The highest BCUT2D eigenvalue weighted by atomic mass is 35.6. The normalized spacial score (nSPS) is 12.4. The molecule has 1 radical (unpaired) electrons. The maximum absolute atomic E-state index is 9.74. The molecule has 0 fully saturated rings. The molecule has 0 aromatic heterocycles. The molecule has 0 bridgehead atoms. The van der Waals surface area contributed by atoms with E-state index in [1.54, 1.807) is 0 Å². The van der Waals surface area contributed by atoms with Gasteiger partial charge in [0.2, 0.25) is 0 Å². The molecule has 0 aromatic rings. The van der Waals surface area contributed by atoms with Crippen LogP contribution in [0.3, 0.4) is 0 Å². The number of halogens is 3. The van der Waals surface area contributed by atoms with E-state index in [9.17, 15) is 8.42 Å². The summed E-state index contributed by atoms with van der Waals surface area (Å²) in [5.41, 5.74) is 0. The summed E-state index contributed by atoms with van der Waals surface area (Å²) in [6.45, 7) is 0.915. The Morgan fingerprint density at radius 2 is 1.90 bits per heavy atom. The zero-order valence-electron chi connectivity index (χ0n) is 4.59. The van der Waals surface area contributed by atoms with E-state index in [0.29, 0.717) is 0 Å². The second kappa shape index (κ2) is 4.62.